The molecule has 0 unspecified atom stereocenters. The smallest absolute Gasteiger partial charge is 0.226 e. The molecule has 0 saturated carbocycles. The number of nitrogens with zero attached hydrogens (tertiary/aromatic N) is 6. The number of thioether (sulfide) groups is 1. The quantitative estimate of drug-likeness (QED) is 0.711. The Morgan fingerprint density at radius 3 is 3.09 bits per heavy atom. The van der Waals surface area contributed by atoms with E-state index >= 15 is 0 Å². The van der Waals surface area contributed by atoms with E-state index < -0.39 is 0 Å². The number of rotatable bonds is 7. The molecule has 0 N–H and O–H groups in total. The van der Waals surface area contributed by atoms with Crippen molar-refractivity contribution in [2.75, 3.05) is 6.61 Å². The van der Waals surface area contributed by atoms with Crippen molar-refractivity contribution >= 4 is 11.8 Å². The molecule has 0 spiro atoms. The Morgan fingerprint density at radius 1 is 1.41 bits per heavy atom. The Bertz CT molecular complexity index is 593. The van der Waals surface area contributed by atoms with Gasteiger partial charge in [0.15, 0.2) is 5.82 Å². The summed E-state index contributed by atoms with van der Waals surface area (Å²) in [6, 6.07) is 0. The zero-order chi connectivity index (χ0) is 15.4. The summed E-state index contributed by atoms with van der Waals surface area (Å²) in [4.78, 5) is 4.38. The van der Waals surface area contributed by atoms with Crippen LogP contribution in [0.3, 0.4) is 0 Å². The van der Waals surface area contributed by atoms with E-state index in [1.165, 1.54) is 11.8 Å². The lowest BCUT2D eigenvalue weighted by Crippen LogP contribution is -2.16. The lowest BCUT2D eigenvalue weighted by Gasteiger charge is -2.09. The van der Waals surface area contributed by atoms with E-state index in [9.17, 15) is 0 Å². The van der Waals surface area contributed by atoms with Gasteiger partial charge >= 0.3 is 0 Å². The molecule has 3 heterocycles. The maximum atomic E-state index is 5.62. The molecule has 0 radical (unpaired) electrons. The highest BCUT2D eigenvalue weighted by Gasteiger charge is 2.19. The molecule has 9 heteroatoms. The molecule has 8 nitrogen and oxygen atoms in total. The van der Waals surface area contributed by atoms with E-state index in [0.717, 1.165) is 31.0 Å². The fourth-order valence-electron chi connectivity index (χ4n) is 2.31. The number of aromatic nitrogens is 6. The van der Waals surface area contributed by atoms with Crippen molar-refractivity contribution in [2.45, 2.75) is 56.7 Å². The van der Waals surface area contributed by atoms with Gasteiger partial charge in [-0.15, -0.1) is 5.10 Å². The Balaban J connectivity index is 1.55. The van der Waals surface area contributed by atoms with Crippen molar-refractivity contribution in [2.24, 2.45) is 5.92 Å². The monoisotopic (exact) mass is 324 g/mol. The van der Waals surface area contributed by atoms with Gasteiger partial charge in [0.1, 0.15) is 0 Å². The van der Waals surface area contributed by atoms with Crippen LogP contribution in [0.2, 0.25) is 0 Å². The van der Waals surface area contributed by atoms with Crippen molar-refractivity contribution in [3.63, 3.8) is 0 Å². The lowest BCUT2D eigenvalue weighted by molar-refractivity contribution is 0.0912. The van der Waals surface area contributed by atoms with Gasteiger partial charge in [0.25, 0.3) is 0 Å². The van der Waals surface area contributed by atoms with Gasteiger partial charge in [-0.1, -0.05) is 30.8 Å². The molecule has 0 aliphatic carbocycles. The van der Waals surface area contributed by atoms with Gasteiger partial charge in [-0.05, 0) is 29.2 Å². The third kappa shape index (κ3) is 4.04. The van der Waals surface area contributed by atoms with Crippen molar-refractivity contribution < 1.29 is 9.26 Å². The summed E-state index contributed by atoms with van der Waals surface area (Å²) in [5, 5.41) is 16.6. The summed E-state index contributed by atoms with van der Waals surface area (Å²) >= 11 is 1.51. The molecule has 0 aromatic carbocycles. The number of tetrazole rings is 1. The van der Waals surface area contributed by atoms with Crippen molar-refractivity contribution in [1.29, 1.82) is 0 Å². The molecule has 1 aliphatic rings. The zero-order valence-corrected chi connectivity index (χ0v) is 13.6. The first kappa shape index (κ1) is 15.4. The second-order valence-electron chi connectivity index (χ2n) is 5.77. The zero-order valence-electron chi connectivity index (χ0n) is 12.8. The average Bonchev–Trinajstić information content (AvgIpc) is 3.19. The summed E-state index contributed by atoms with van der Waals surface area (Å²) in [6.07, 6.45) is 3.18. The standard InChI is InChI=1S/C13H20N6O2S/c1-9(2)6-12-14-11(16-21-12)8-22-13-15-17-18-19(13)7-10-4-3-5-20-10/h9-10H,3-8H2,1-2H3/t10-/m0/s1. The average molecular weight is 324 g/mol. The molecule has 2 aromatic heterocycles. The van der Waals surface area contributed by atoms with Gasteiger partial charge in [-0.25, -0.2) is 4.68 Å². The van der Waals surface area contributed by atoms with Crippen LogP contribution in [0.4, 0.5) is 0 Å². The summed E-state index contributed by atoms with van der Waals surface area (Å²) in [6.45, 7) is 5.77. The van der Waals surface area contributed by atoms with E-state index in [-0.39, 0.29) is 6.10 Å². The summed E-state index contributed by atoms with van der Waals surface area (Å²) in [5.41, 5.74) is 0. The Morgan fingerprint density at radius 2 is 2.32 bits per heavy atom. The van der Waals surface area contributed by atoms with Crippen molar-refractivity contribution in [3.05, 3.63) is 11.7 Å². The minimum Gasteiger partial charge on any atom is -0.376 e. The maximum Gasteiger partial charge on any atom is 0.226 e. The first-order chi connectivity index (χ1) is 10.7. The van der Waals surface area contributed by atoms with Gasteiger partial charge in [0, 0.05) is 13.0 Å². The maximum absolute atomic E-state index is 5.62. The van der Waals surface area contributed by atoms with Gasteiger partial charge in [0.2, 0.25) is 11.0 Å². The van der Waals surface area contributed by atoms with E-state index in [1.54, 1.807) is 4.68 Å². The Hall–Kier alpha value is -1.48. The molecule has 0 amide bonds. The van der Waals surface area contributed by atoms with Crippen molar-refractivity contribution in [3.8, 4) is 0 Å². The third-order valence-corrected chi connectivity index (χ3v) is 4.28. The van der Waals surface area contributed by atoms with E-state index in [2.05, 4.69) is 39.5 Å². The molecule has 1 fully saturated rings. The highest BCUT2D eigenvalue weighted by atomic mass is 32.2. The minimum atomic E-state index is 0.214. The van der Waals surface area contributed by atoms with Crippen LogP contribution in [0.15, 0.2) is 9.68 Å². The normalized spacial score (nSPS) is 18.4. The summed E-state index contributed by atoms with van der Waals surface area (Å²) in [5.74, 6) is 2.45. The van der Waals surface area contributed by atoms with E-state index in [4.69, 9.17) is 9.26 Å². The Labute approximate surface area is 133 Å². The van der Waals surface area contributed by atoms with Crippen LogP contribution >= 0.6 is 11.8 Å². The fraction of sp³-hybridized carbons (Fsp3) is 0.769. The van der Waals surface area contributed by atoms with E-state index in [1.807, 2.05) is 0 Å². The first-order valence-electron chi connectivity index (χ1n) is 7.52. The number of hydrogen-bond acceptors (Lipinski definition) is 8. The van der Waals surface area contributed by atoms with Crippen LogP contribution in [0.5, 0.6) is 0 Å². The SMILES string of the molecule is CC(C)Cc1nc(CSc2nnnn2C[C@@H]2CCCO2)no1. The second kappa shape index (κ2) is 7.19. The van der Waals surface area contributed by atoms with Crippen LogP contribution in [-0.4, -0.2) is 43.1 Å². The molecule has 120 valence electrons. The Kier molecular flexibility index (Phi) is 5.04. The largest absolute Gasteiger partial charge is 0.376 e. The van der Waals surface area contributed by atoms with Crippen LogP contribution in [0, 0.1) is 5.92 Å². The summed E-state index contributed by atoms with van der Waals surface area (Å²) < 4.78 is 12.6. The van der Waals surface area contributed by atoms with Gasteiger partial charge < -0.3 is 9.26 Å². The number of hydrogen-bond donors (Lipinski definition) is 0. The molecular formula is C13H20N6O2S. The molecule has 22 heavy (non-hydrogen) atoms. The van der Waals surface area contributed by atoms with Gasteiger partial charge in [-0.2, -0.15) is 4.98 Å². The molecule has 2 aromatic rings. The first-order valence-corrected chi connectivity index (χ1v) is 8.51. The van der Waals surface area contributed by atoms with Crippen LogP contribution in [0.1, 0.15) is 38.4 Å². The lowest BCUT2D eigenvalue weighted by atomic mass is 10.1. The van der Waals surface area contributed by atoms with Gasteiger partial charge in [-0.3, -0.25) is 0 Å². The molecule has 1 atom stereocenters. The minimum absolute atomic E-state index is 0.214. The molecule has 1 aliphatic heterocycles. The number of ether oxygens (including phenoxy) is 1. The topological polar surface area (TPSA) is 91.8 Å². The summed E-state index contributed by atoms with van der Waals surface area (Å²) in [7, 11) is 0. The third-order valence-electron chi connectivity index (χ3n) is 3.32. The van der Waals surface area contributed by atoms with E-state index in [0.29, 0.717) is 29.9 Å². The molecule has 0 bridgehead atoms. The van der Waals surface area contributed by atoms with Crippen LogP contribution in [0.25, 0.3) is 0 Å². The molecule has 1 saturated heterocycles. The van der Waals surface area contributed by atoms with Crippen LogP contribution in [-0.2, 0) is 23.5 Å². The van der Waals surface area contributed by atoms with Crippen molar-refractivity contribution in [1.82, 2.24) is 30.3 Å². The fourth-order valence-corrected chi connectivity index (χ4v) is 3.04. The molecule has 3 rings (SSSR count). The predicted molar refractivity (Wildman–Crippen MR) is 79.2 cm³/mol. The highest BCUT2D eigenvalue weighted by molar-refractivity contribution is 7.98. The molecular weight excluding hydrogens is 304 g/mol. The highest BCUT2D eigenvalue weighted by Crippen LogP contribution is 2.21. The van der Waals surface area contributed by atoms with Crippen LogP contribution < -0.4 is 0 Å². The van der Waals surface area contributed by atoms with Gasteiger partial charge in [0.05, 0.1) is 18.4 Å². The predicted octanol–water partition coefficient (Wildman–Crippen LogP) is 1.73. The second-order valence-corrected chi connectivity index (χ2v) is 6.71.